The van der Waals surface area contributed by atoms with Crippen LogP contribution in [0.5, 0.6) is 0 Å². The molecule has 1 fully saturated rings. The fraction of sp³-hybridized carbons (Fsp3) is 0.350. The van der Waals surface area contributed by atoms with Gasteiger partial charge in [0.25, 0.3) is 0 Å². The van der Waals surface area contributed by atoms with Gasteiger partial charge in [-0.15, -0.1) is 0 Å². The molecule has 0 bridgehead atoms. The number of hydrogen-bond acceptors (Lipinski definition) is 3. The van der Waals surface area contributed by atoms with Crippen molar-refractivity contribution in [2.75, 3.05) is 13.6 Å². The SMILES string of the molecule is CC(=O)OC1CCN(C)C(c2ccccc2)(c2ccccc2)C1. The molecule has 3 heteroatoms. The molecule has 0 saturated carbocycles. The Morgan fingerprint density at radius 2 is 1.57 bits per heavy atom. The first kappa shape index (κ1) is 15.8. The van der Waals surface area contributed by atoms with Crippen LogP contribution in [0.2, 0.25) is 0 Å². The van der Waals surface area contributed by atoms with E-state index in [0.29, 0.717) is 0 Å². The maximum atomic E-state index is 11.4. The number of ether oxygens (including phenoxy) is 1. The summed E-state index contributed by atoms with van der Waals surface area (Å²) in [7, 11) is 2.16. The molecule has 1 aliphatic rings. The van der Waals surface area contributed by atoms with E-state index >= 15 is 0 Å². The topological polar surface area (TPSA) is 29.5 Å². The molecule has 3 rings (SSSR count). The molecule has 2 aromatic rings. The van der Waals surface area contributed by atoms with Gasteiger partial charge in [-0.2, -0.15) is 0 Å². The third-order valence-electron chi connectivity index (χ3n) is 4.80. The molecule has 0 spiro atoms. The third kappa shape index (κ3) is 3.02. The number of esters is 1. The largest absolute Gasteiger partial charge is 0.462 e. The molecule has 1 heterocycles. The Labute approximate surface area is 137 Å². The monoisotopic (exact) mass is 309 g/mol. The predicted octanol–water partition coefficient (Wildman–Crippen LogP) is 3.59. The summed E-state index contributed by atoms with van der Waals surface area (Å²) in [6, 6.07) is 21.0. The number of benzene rings is 2. The molecule has 1 unspecified atom stereocenters. The van der Waals surface area contributed by atoms with Gasteiger partial charge in [0.1, 0.15) is 6.10 Å². The zero-order chi connectivity index (χ0) is 16.3. The first-order chi connectivity index (χ1) is 11.1. The van der Waals surface area contributed by atoms with E-state index in [-0.39, 0.29) is 17.6 Å². The lowest BCUT2D eigenvalue weighted by Gasteiger charge is -2.48. The highest BCUT2D eigenvalue weighted by atomic mass is 16.5. The molecule has 0 radical (unpaired) electrons. The van der Waals surface area contributed by atoms with Gasteiger partial charge in [0.2, 0.25) is 0 Å². The van der Waals surface area contributed by atoms with E-state index in [1.54, 1.807) is 0 Å². The number of carbonyl (C=O) groups is 1. The number of nitrogens with zero attached hydrogens (tertiary/aromatic N) is 1. The summed E-state index contributed by atoms with van der Waals surface area (Å²) < 4.78 is 5.57. The van der Waals surface area contributed by atoms with E-state index in [9.17, 15) is 4.79 Å². The molecule has 120 valence electrons. The highest BCUT2D eigenvalue weighted by molar-refractivity contribution is 5.66. The summed E-state index contributed by atoms with van der Waals surface area (Å²) >= 11 is 0. The van der Waals surface area contributed by atoms with Gasteiger partial charge in [-0.05, 0) is 24.6 Å². The molecule has 1 saturated heterocycles. The van der Waals surface area contributed by atoms with Crippen molar-refractivity contribution >= 4 is 5.97 Å². The summed E-state index contributed by atoms with van der Waals surface area (Å²) in [6.45, 7) is 2.38. The van der Waals surface area contributed by atoms with Crippen LogP contribution in [0.4, 0.5) is 0 Å². The summed E-state index contributed by atoms with van der Waals surface area (Å²) in [6.07, 6.45) is 1.60. The maximum absolute atomic E-state index is 11.4. The highest BCUT2D eigenvalue weighted by Crippen LogP contribution is 2.43. The zero-order valence-electron chi connectivity index (χ0n) is 13.7. The second-order valence-electron chi connectivity index (χ2n) is 6.24. The van der Waals surface area contributed by atoms with E-state index in [2.05, 4.69) is 60.5 Å². The van der Waals surface area contributed by atoms with Gasteiger partial charge in [0.15, 0.2) is 0 Å². The first-order valence-electron chi connectivity index (χ1n) is 8.12. The van der Waals surface area contributed by atoms with Crippen molar-refractivity contribution in [2.45, 2.75) is 31.4 Å². The summed E-state index contributed by atoms with van der Waals surface area (Å²) in [5.74, 6) is -0.199. The number of piperidine rings is 1. The van der Waals surface area contributed by atoms with Gasteiger partial charge in [-0.1, -0.05) is 60.7 Å². The van der Waals surface area contributed by atoms with Crippen LogP contribution in [0, 0.1) is 0 Å². The number of hydrogen-bond donors (Lipinski definition) is 0. The van der Waals surface area contributed by atoms with E-state index in [1.807, 2.05) is 12.1 Å². The lowest BCUT2D eigenvalue weighted by atomic mass is 9.74. The van der Waals surface area contributed by atoms with Crippen molar-refractivity contribution in [3.63, 3.8) is 0 Å². The molecule has 0 N–H and O–H groups in total. The minimum atomic E-state index is -0.263. The van der Waals surface area contributed by atoms with E-state index in [0.717, 1.165) is 19.4 Å². The van der Waals surface area contributed by atoms with Gasteiger partial charge in [-0.25, -0.2) is 0 Å². The van der Waals surface area contributed by atoms with Crippen LogP contribution in [0.1, 0.15) is 30.9 Å². The fourth-order valence-electron chi connectivity index (χ4n) is 3.72. The minimum Gasteiger partial charge on any atom is -0.462 e. The standard InChI is InChI=1S/C20H23NO2/c1-16(22)23-19-13-14-21(2)20(15-19,17-9-5-3-6-10-17)18-11-7-4-8-12-18/h3-12,19H,13-15H2,1-2H3. The molecule has 0 amide bonds. The first-order valence-corrected chi connectivity index (χ1v) is 8.12. The Morgan fingerprint density at radius 3 is 2.04 bits per heavy atom. The van der Waals surface area contributed by atoms with Gasteiger partial charge in [0, 0.05) is 19.9 Å². The number of rotatable bonds is 3. The van der Waals surface area contributed by atoms with Crippen molar-refractivity contribution in [1.29, 1.82) is 0 Å². The zero-order valence-corrected chi connectivity index (χ0v) is 13.7. The van der Waals surface area contributed by atoms with Crippen LogP contribution < -0.4 is 0 Å². The molecule has 1 aliphatic heterocycles. The van der Waals surface area contributed by atoms with E-state index in [4.69, 9.17) is 4.74 Å². The van der Waals surface area contributed by atoms with Gasteiger partial charge in [-0.3, -0.25) is 9.69 Å². The molecular formula is C20H23NO2. The molecule has 2 aromatic carbocycles. The molecule has 23 heavy (non-hydrogen) atoms. The van der Waals surface area contributed by atoms with Crippen LogP contribution in [0.25, 0.3) is 0 Å². The Kier molecular flexibility index (Phi) is 4.49. The summed E-state index contributed by atoms with van der Waals surface area (Å²) in [5, 5.41) is 0. The smallest absolute Gasteiger partial charge is 0.302 e. The van der Waals surface area contributed by atoms with Gasteiger partial charge < -0.3 is 4.74 Å². The van der Waals surface area contributed by atoms with E-state index in [1.165, 1.54) is 18.1 Å². The Hall–Kier alpha value is -2.13. The Morgan fingerprint density at radius 1 is 1.04 bits per heavy atom. The second-order valence-corrected chi connectivity index (χ2v) is 6.24. The van der Waals surface area contributed by atoms with Crippen molar-refractivity contribution in [3.8, 4) is 0 Å². The average molecular weight is 309 g/mol. The molecule has 3 nitrogen and oxygen atoms in total. The molecule has 0 aromatic heterocycles. The van der Waals surface area contributed by atoms with Crippen LogP contribution in [-0.4, -0.2) is 30.6 Å². The Balaban J connectivity index is 2.09. The minimum absolute atomic E-state index is 0.0517. The number of carbonyl (C=O) groups excluding carboxylic acids is 1. The maximum Gasteiger partial charge on any atom is 0.302 e. The van der Waals surface area contributed by atoms with Crippen molar-refractivity contribution in [2.24, 2.45) is 0 Å². The van der Waals surface area contributed by atoms with Crippen molar-refractivity contribution in [3.05, 3.63) is 71.8 Å². The molecule has 0 aliphatic carbocycles. The summed E-state index contributed by atoms with van der Waals surface area (Å²) in [4.78, 5) is 13.8. The lowest BCUT2D eigenvalue weighted by Crippen LogP contribution is -2.52. The molecule has 1 atom stereocenters. The van der Waals surface area contributed by atoms with Gasteiger partial charge >= 0.3 is 5.97 Å². The van der Waals surface area contributed by atoms with Crippen LogP contribution in [-0.2, 0) is 15.1 Å². The predicted molar refractivity (Wildman–Crippen MR) is 91.1 cm³/mol. The fourth-order valence-corrected chi connectivity index (χ4v) is 3.72. The van der Waals surface area contributed by atoms with Crippen molar-refractivity contribution < 1.29 is 9.53 Å². The Bertz CT molecular complexity index is 614. The third-order valence-corrected chi connectivity index (χ3v) is 4.80. The van der Waals surface area contributed by atoms with Crippen LogP contribution in [0.15, 0.2) is 60.7 Å². The normalized spacial score (nSPS) is 20.9. The highest BCUT2D eigenvalue weighted by Gasteiger charge is 2.44. The lowest BCUT2D eigenvalue weighted by molar-refractivity contribution is -0.150. The summed E-state index contributed by atoms with van der Waals surface area (Å²) in [5.41, 5.74) is 2.22. The van der Waals surface area contributed by atoms with Crippen molar-refractivity contribution in [1.82, 2.24) is 4.90 Å². The quantitative estimate of drug-likeness (QED) is 0.812. The van der Waals surface area contributed by atoms with Crippen LogP contribution in [0.3, 0.4) is 0 Å². The van der Waals surface area contributed by atoms with Gasteiger partial charge in [0.05, 0.1) is 5.54 Å². The molecular weight excluding hydrogens is 286 g/mol. The second kappa shape index (κ2) is 6.55. The van der Waals surface area contributed by atoms with Crippen LogP contribution >= 0.6 is 0 Å². The van der Waals surface area contributed by atoms with E-state index < -0.39 is 0 Å². The number of likely N-dealkylation sites (tertiary alicyclic amines) is 1. The average Bonchev–Trinajstić information content (AvgIpc) is 2.58.